The Hall–Kier alpha value is -2.89. The van der Waals surface area contributed by atoms with E-state index in [1.165, 1.54) is 27.0 Å². The van der Waals surface area contributed by atoms with Crippen LogP contribution in [-0.4, -0.2) is 6.61 Å². The van der Waals surface area contributed by atoms with Crippen molar-refractivity contribution in [1.82, 2.24) is 0 Å². The van der Waals surface area contributed by atoms with Gasteiger partial charge in [-0.05, 0) is 61.0 Å². The van der Waals surface area contributed by atoms with Crippen molar-refractivity contribution in [3.05, 3.63) is 120 Å². The minimum Gasteiger partial charge on any atom is -0.492 e. The Kier molecular flexibility index (Phi) is 5.39. The Balaban J connectivity index is 1.79. The van der Waals surface area contributed by atoms with E-state index in [9.17, 15) is 0 Å². The maximum Gasteiger partial charge on any atom is 0.123 e. The maximum absolute atomic E-state index is 6.00. The average Bonchev–Trinajstić information content (AvgIpc) is 3.15. The SMILES string of the molecule is CC(c1ccc2c(c1)C(C)(C)CO2)[P+](c1ccccc1)(c1ccccc1)c1ccccc1. The van der Waals surface area contributed by atoms with Crippen LogP contribution in [-0.2, 0) is 5.41 Å². The van der Waals surface area contributed by atoms with Crippen LogP contribution in [0.3, 0.4) is 0 Å². The summed E-state index contributed by atoms with van der Waals surface area (Å²) < 4.78 is 6.00. The second kappa shape index (κ2) is 8.23. The van der Waals surface area contributed by atoms with Crippen molar-refractivity contribution in [3.8, 4) is 5.75 Å². The summed E-state index contributed by atoms with van der Waals surface area (Å²) in [5.41, 5.74) is 3.07. The molecule has 0 saturated carbocycles. The quantitative estimate of drug-likeness (QED) is 0.328. The highest BCUT2D eigenvalue weighted by Crippen LogP contribution is 2.66. The summed E-state index contributed by atoms with van der Waals surface area (Å²) >= 11 is 0. The Morgan fingerprint density at radius 3 is 1.62 bits per heavy atom. The molecule has 2 heteroatoms. The zero-order valence-electron chi connectivity index (χ0n) is 19.0. The van der Waals surface area contributed by atoms with Gasteiger partial charge >= 0.3 is 0 Å². The zero-order valence-corrected chi connectivity index (χ0v) is 19.9. The van der Waals surface area contributed by atoms with E-state index in [0.29, 0.717) is 5.66 Å². The molecule has 0 aliphatic carbocycles. The number of hydrogen-bond acceptors (Lipinski definition) is 1. The Morgan fingerprint density at radius 1 is 0.688 bits per heavy atom. The Morgan fingerprint density at radius 2 is 1.16 bits per heavy atom. The third kappa shape index (κ3) is 3.37. The van der Waals surface area contributed by atoms with Crippen LogP contribution in [0.2, 0.25) is 0 Å². The molecule has 1 atom stereocenters. The van der Waals surface area contributed by atoms with Crippen molar-refractivity contribution in [3.63, 3.8) is 0 Å². The Labute approximate surface area is 192 Å². The van der Waals surface area contributed by atoms with Crippen LogP contribution in [0.4, 0.5) is 0 Å². The van der Waals surface area contributed by atoms with Crippen LogP contribution in [0, 0.1) is 0 Å². The molecule has 0 radical (unpaired) electrons. The predicted molar refractivity (Wildman–Crippen MR) is 139 cm³/mol. The summed E-state index contributed by atoms with van der Waals surface area (Å²) in [7, 11) is -1.97. The van der Waals surface area contributed by atoms with Gasteiger partial charge in [-0.25, -0.2) is 0 Å². The molecule has 1 aliphatic rings. The van der Waals surface area contributed by atoms with Crippen LogP contribution in [0.15, 0.2) is 109 Å². The molecule has 0 fully saturated rings. The maximum atomic E-state index is 6.00. The average molecular weight is 438 g/mol. The lowest BCUT2D eigenvalue weighted by molar-refractivity contribution is 0.291. The number of benzene rings is 4. The summed E-state index contributed by atoms with van der Waals surface area (Å²) in [5, 5.41) is 4.25. The predicted octanol–water partition coefficient (Wildman–Crippen LogP) is 6.41. The van der Waals surface area contributed by atoms with E-state index >= 15 is 0 Å². The van der Waals surface area contributed by atoms with E-state index in [0.717, 1.165) is 12.4 Å². The van der Waals surface area contributed by atoms with E-state index in [4.69, 9.17) is 4.74 Å². The van der Waals surface area contributed by atoms with Crippen LogP contribution in [0.1, 0.15) is 37.6 Å². The molecule has 4 aromatic rings. The minimum absolute atomic E-state index is 0.0401. The van der Waals surface area contributed by atoms with Gasteiger partial charge in [0.2, 0.25) is 0 Å². The first-order valence-electron chi connectivity index (χ1n) is 11.4. The van der Waals surface area contributed by atoms with Gasteiger partial charge in [-0.2, -0.15) is 0 Å². The molecular formula is C30H30OP+. The molecule has 4 aromatic carbocycles. The van der Waals surface area contributed by atoms with Crippen molar-refractivity contribution < 1.29 is 4.74 Å². The van der Waals surface area contributed by atoms with E-state index in [1.54, 1.807) is 0 Å². The summed E-state index contributed by atoms with van der Waals surface area (Å²) in [5.74, 6) is 1.04. The van der Waals surface area contributed by atoms with Gasteiger partial charge in [0.15, 0.2) is 0 Å². The summed E-state index contributed by atoms with van der Waals surface area (Å²) in [6.45, 7) is 7.73. The highest BCUT2D eigenvalue weighted by atomic mass is 31.2. The smallest absolute Gasteiger partial charge is 0.123 e. The van der Waals surface area contributed by atoms with Crippen molar-refractivity contribution in [1.29, 1.82) is 0 Å². The zero-order chi connectivity index (χ0) is 22.2. The lowest BCUT2D eigenvalue weighted by Crippen LogP contribution is -2.34. The molecule has 32 heavy (non-hydrogen) atoms. The summed E-state index contributed by atoms with van der Waals surface area (Å²) in [6.07, 6.45) is 0. The van der Waals surface area contributed by atoms with Crippen LogP contribution in [0.25, 0.3) is 0 Å². The number of hydrogen-bond donors (Lipinski definition) is 0. The van der Waals surface area contributed by atoms with Gasteiger partial charge in [0.05, 0.1) is 6.61 Å². The first kappa shape index (κ1) is 21.0. The lowest BCUT2D eigenvalue weighted by atomic mass is 9.86. The molecule has 160 valence electrons. The van der Waals surface area contributed by atoms with Gasteiger partial charge in [0.1, 0.15) is 34.6 Å². The van der Waals surface area contributed by atoms with Gasteiger partial charge in [-0.1, -0.05) is 74.5 Å². The van der Waals surface area contributed by atoms with Crippen LogP contribution in [0.5, 0.6) is 5.75 Å². The van der Waals surface area contributed by atoms with Crippen molar-refractivity contribution in [2.45, 2.75) is 31.8 Å². The topological polar surface area (TPSA) is 9.23 Å². The van der Waals surface area contributed by atoms with E-state index in [2.05, 4.69) is 130 Å². The van der Waals surface area contributed by atoms with E-state index < -0.39 is 7.26 Å². The first-order valence-corrected chi connectivity index (χ1v) is 13.2. The van der Waals surface area contributed by atoms with Gasteiger partial charge in [-0.3, -0.25) is 0 Å². The molecule has 5 rings (SSSR count). The summed E-state index contributed by atoms with van der Waals surface area (Å²) in [6, 6.07) is 40.3. The van der Waals surface area contributed by atoms with Crippen molar-refractivity contribution in [2.75, 3.05) is 6.61 Å². The van der Waals surface area contributed by atoms with Gasteiger partial charge in [0, 0.05) is 11.0 Å². The van der Waals surface area contributed by atoms with Crippen molar-refractivity contribution >= 4 is 23.2 Å². The van der Waals surface area contributed by atoms with E-state index in [-0.39, 0.29) is 5.41 Å². The third-order valence-corrected chi connectivity index (χ3v) is 11.7. The number of ether oxygens (including phenoxy) is 1. The molecule has 0 bridgehead atoms. The molecule has 0 N–H and O–H groups in total. The fourth-order valence-electron chi connectivity index (χ4n) is 5.13. The summed E-state index contributed by atoms with van der Waals surface area (Å²) in [4.78, 5) is 0. The van der Waals surface area contributed by atoms with Crippen LogP contribution < -0.4 is 20.7 Å². The number of rotatable bonds is 5. The highest BCUT2D eigenvalue weighted by Gasteiger charge is 2.51. The van der Waals surface area contributed by atoms with E-state index in [1.807, 2.05) is 0 Å². The molecule has 0 spiro atoms. The molecule has 0 amide bonds. The van der Waals surface area contributed by atoms with Gasteiger partial charge in [0.25, 0.3) is 0 Å². The second-order valence-corrected chi connectivity index (χ2v) is 13.1. The minimum atomic E-state index is -1.97. The first-order chi connectivity index (χ1) is 15.5. The Bertz CT molecular complexity index is 1100. The highest BCUT2D eigenvalue weighted by molar-refractivity contribution is 7.95. The molecule has 1 heterocycles. The van der Waals surface area contributed by atoms with Gasteiger partial charge in [-0.15, -0.1) is 0 Å². The lowest BCUT2D eigenvalue weighted by Gasteiger charge is -2.33. The molecule has 1 unspecified atom stereocenters. The molecule has 0 saturated heterocycles. The normalized spacial score (nSPS) is 15.6. The molecule has 1 aliphatic heterocycles. The third-order valence-electron chi connectivity index (χ3n) is 6.88. The molecular weight excluding hydrogens is 407 g/mol. The standard InChI is InChI=1S/C30H30OP/c1-23(24-19-20-29-28(21-24)30(2,3)22-31-29)32(25-13-7-4-8-14-25,26-15-9-5-10-16-26)27-17-11-6-12-18-27/h4-21,23H,22H2,1-3H3/q+1. The van der Waals surface area contributed by atoms with Crippen LogP contribution >= 0.6 is 7.26 Å². The fraction of sp³-hybridized carbons (Fsp3) is 0.200. The van der Waals surface area contributed by atoms with Gasteiger partial charge < -0.3 is 4.74 Å². The fourth-order valence-corrected chi connectivity index (χ4v) is 9.90. The monoisotopic (exact) mass is 437 g/mol. The number of fused-ring (bicyclic) bond motifs is 1. The van der Waals surface area contributed by atoms with Crippen molar-refractivity contribution in [2.24, 2.45) is 0 Å². The molecule has 1 nitrogen and oxygen atoms in total. The largest absolute Gasteiger partial charge is 0.492 e. The molecule has 0 aromatic heterocycles. The second-order valence-electron chi connectivity index (χ2n) is 9.33.